The molecule has 7 heteroatoms. The molecule has 0 aliphatic heterocycles. The van der Waals surface area contributed by atoms with Crippen molar-refractivity contribution in [2.45, 2.75) is 26.7 Å². The number of rotatable bonds is 4. The summed E-state index contributed by atoms with van der Waals surface area (Å²) < 4.78 is 1.97. The third-order valence-electron chi connectivity index (χ3n) is 3.11. The van der Waals surface area contributed by atoms with Crippen LogP contribution in [0.15, 0.2) is 17.8 Å². The first kappa shape index (κ1) is 12.9. The van der Waals surface area contributed by atoms with Crippen LogP contribution in [0, 0.1) is 6.92 Å². The SMILES string of the molecule is CCc1cn[nH]c1NC(=O)Cc1csc2nc(C)cn12. The largest absolute Gasteiger partial charge is 0.311 e. The lowest BCUT2D eigenvalue weighted by molar-refractivity contribution is -0.115. The van der Waals surface area contributed by atoms with Crippen molar-refractivity contribution in [2.24, 2.45) is 0 Å². The summed E-state index contributed by atoms with van der Waals surface area (Å²) in [4.78, 5) is 17.4. The van der Waals surface area contributed by atoms with Crippen LogP contribution in [-0.4, -0.2) is 25.5 Å². The van der Waals surface area contributed by atoms with Crippen molar-refractivity contribution in [2.75, 3.05) is 5.32 Å². The minimum Gasteiger partial charge on any atom is -0.311 e. The minimum absolute atomic E-state index is 0.0602. The number of anilines is 1. The quantitative estimate of drug-likeness (QED) is 0.773. The number of carbonyl (C=O) groups is 1. The van der Waals surface area contributed by atoms with Crippen LogP contribution in [0.5, 0.6) is 0 Å². The Morgan fingerprint density at radius 3 is 3.20 bits per heavy atom. The van der Waals surface area contributed by atoms with Crippen LogP contribution in [0.25, 0.3) is 4.96 Å². The number of fused-ring (bicyclic) bond motifs is 1. The summed E-state index contributed by atoms with van der Waals surface area (Å²) in [5.74, 6) is 0.626. The van der Waals surface area contributed by atoms with Crippen LogP contribution in [0.2, 0.25) is 0 Å². The summed E-state index contributed by atoms with van der Waals surface area (Å²) in [6.07, 6.45) is 4.83. The Balaban J connectivity index is 1.75. The topological polar surface area (TPSA) is 75.1 Å². The van der Waals surface area contributed by atoms with E-state index in [1.54, 1.807) is 17.5 Å². The molecule has 0 saturated carbocycles. The normalized spacial score (nSPS) is 11.1. The van der Waals surface area contributed by atoms with E-state index in [2.05, 4.69) is 20.5 Å². The number of nitrogens with zero attached hydrogens (tertiary/aromatic N) is 3. The molecule has 3 heterocycles. The predicted octanol–water partition coefficient (Wildman–Crippen LogP) is 2.17. The average molecular weight is 289 g/mol. The second-order valence-corrected chi connectivity index (χ2v) is 5.45. The van der Waals surface area contributed by atoms with E-state index in [9.17, 15) is 4.79 Å². The highest BCUT2D eigenvalue weighted by Gasteiger charge is 2.12. The summed E-state index contributed by atoms with van der Waals surface area (Å²) in [6.45, 7) is 3.97. The molecule has 3 aromatic heterocycles. The summed E-state index contributed by atoms with van der Waals surface area (Å²) in [6, 6.07) is 0. The number of H-pyrrole nitrogens is 1. The number of hydrogen-bond acceptors (Lipinski definition) is 4. The molecular formula is C13H15N5OS. The van der Waals surface area contributed by atoms with Crippen LogP contribution in [-0.2, 0) is 17.6 Å². The molecule has 3 aromatic rings. The van der Waals surface area contributed by atoms with Gasteiger partial charge in [0.2, 0.25) is 5.91 Å². The molecule has 0 saturated heterocycles. The van der Waals surface area contributed by atoms with Gasteiger partial charge in [-0.25, -0.2) is 4.98 Å². The number of aryl methyl sites for hydroxylation is 2. The van der Waals surface area contributed by atoms with Gasteiger partial charge in [-0.1, -0.05) is 6.92 Å². The number of amides is 1. The Hall–Kier alpha value is -2.15. The van der Waals surface area contributed by atoms with Crippen molar-refractivity contribution >= 4 is 28.0 Å². The van der Waals surface area contributed by atoms with Gasteiger partial charge in [0.1, 0.15) is 5.82 Å². The van der Waals surface area contributed by atoms with Crippen LogP contribution >= 0.6 is 11.3 Å². The smallest absolute Gasteiger partial charge is 0.231 e. The van der Waals surface area contributed by atoms with E-state index in [-0.39, 0.29) is 5.91 Å². The molecule has 0 aliphatic carbocycles. The number of aromatic amines is 1. The Bertz CT molecular complexity index is 754. The lowest BCUT2D eigenvalue weighted by atomic mass is 10.2. The second-order valence-electron chi connectivity index (χ2n) is 4.61. The third kappa shape index (κ3) is 2.32. The van der Waals surface area contributed by atoms with Gasteiger partial charge in [-0.2, -0.15) is 5.10 Å². The summed E-state index contributed by atoms with van der Waals surface area (Å²) in [7, 11) is 0. The maximum absolute atomic E-state index is 12.1. The van der Waals surface area contributed by atoms with Crippen molar-refractivity contribution < 1.29 is 4.79 Å². The molecule has 0 aromatic carbocycles. The monoisotopic (exact) mass is 289 g/mol. The standard InChI is InChI=1S/C13H15N5OS/c1-3-9-5-14-17-12(9)16-11(19)4-10-7-20-13-15-8(2)6-18(10)13/h5-7H,3-4H2,1-2H3,(H2,14,16,17,19). The Labute approximate surface area is 119 Å². The number of hydrogen-bond donors (Lipinski definition) is 2. The highest BCUT2D eigenvalue weighted by atomic mass is 32.1. The fraction of sp³-hybridized carbons (Fsp3) is 0.308. The van der Waals surface area contributed by atoms with Gasteiger partial charge < -0.3 is 5.32 Å². The van der Waals surface area contributed by atoms with Gasteiger partial charge in [0.15, 0.2) is 4.96 Å². The van der Waals surface area contributed by atoms with E-state index in [1.165, 1.54) is 0 Å². The van der Waals surface area contributed by atoms with Crippen LogP contribution in [0.3, 0.4) is 0 Å². The van der Waals surface area contributed by atoms with Crippen LogP contribution in [0.4, 0.5) is 5.82 Å². The van der Waals surface area contributed by atoms with Gasteiger partial charge >= 0.3 is 0 Å². The lowest BCUT2D eigenvalue weighted by Crippen LogP contribution is -2.16. The first-order valence-electron chi connectivity index (χ1n) is 6.41. The molecule has 6 nitrogen and oxygen atoms in total. The molecule has 0 fully saturated rings. The fourth-order valence-electron chi connectivity index (χ4n) is 2.10. The van der Waals surface area contributed by atoms with Gasteiger partial charge in [0.25, 0.3) is 0 Å². The molecule has 2 N–H and O–H groups in total. The molecule has 1 amide bonds. The molecule has 104 valence electrons. The van der Waals surface area contributed by atoms with Crippen molar-refractivity contribution in [3.8, 4) is 0 Å². The zero-order valence-corrected chi connectivity index (χ0v) is 12.1. The van der Waals surface area contributed by atoms with Crippen molar-refractivity contribution in [1.82, 2.24) is 19.6 Å². The molecule has 0 aliphatic rings. The molecule has 20 heavy (non-hydrogen) atoms. The molecule has 3 rings (SSSR count). The van der Waals surface area contributed by atoms with Gasteiger partial charge in [-0.05, 0) is 13.3 Å². The zero-order chi connectivity index (χ0) is 14.1. The molecule has 0 spiro atoms. The zero-order valence-electron chi connectivity index (χ0n) is 11.3. The van der Waals surface area contributed by atoms with Gasteiger partial charge in [0.05, 0.1) is 18.3 Å². The van der Waals surface area contributed by atoms with E-state index < -0.39 is 0 Å². The second kappa shape index (κ2) is 5.09. The van der Waals surface area contributed by atoms with Gasteiger partial charge in [0, 0.05) is 22.8 Å². The van der Waals surface area contributed by atoms with Crippen LogP contribution in [0.1, 0.15) is 23.9 Å². The van der Waals surface area contributed by atoms with Crippen molar-refractivity contribution in [3.63, 3.8) is 0 Å². The Morgan fingerprint density at radius 1 is 1.55 bits per heavy atom. The summed E-state index contributed by atoms with van der Waals surface area (Å²) in [5, 5.41) is 11.6. The Kier molecular flexibility index (Phi) is 3.27. The van der Waals surface area contributed by atoms with E-state index in [1.807, 2.05) is 29.8 Å². The van der Waals surface area contributed by atoms with Gasteiger partial charge in [-0.3, -0.25) is 14.3 Å². The van der Waals surface area contributed by atoms with E-state index in [0.717, 1.165) is 28.3 Å². The maximum atomic E-state index is 12.1. The van der Waals surface area contributed by atoms with Crippen molar-refractivity contribution in [3.05, 3.63) is 34.7 Å². The molecule has 0 radical (unpaired) electrons. The lowest BCUT2D eigenvalue weighted by Gasteiger charge is -2.04. The third-order valence-corrected chi connectivity index (χ3v) is 4.00. The molecule has 0 atom stereocenters. The molecule has 0 bridgehead atoms. The molecule has 0 unspecified atom stereocenters. The first-order chi connectivity index (χ1) is 9.67. The van der Waals surface area contributed by atoms with E-state index in [4.69, 9.17) is 0 Å². The number of carbonyl (C=O) groups excluding carboxylic acids is 1. The van der Waals surface area contributed by atoms with Crippen molar-refractivity contribution in [1.29, 1.82) is 0 Å². The van der Waals surface area contributed by atoms with Gasteiger partial charge in [-0.15, -0.1) is 11.3 Å². The number of imidazole rings is 1. The average Bonchev–Trinajstić information content (AvgIpc) is 3.07. The number of thiazole rings is 1. The van der Waals surface area contributed by atoms with Crippen LogP contribution < -0.4 is 5.32 Å². The highest BCUT2D eigenvalue weighted by Crippen LogP contribution is 2.18. The van der Waals surface area contributed by atoms with E-state index in [0.29, 0.717) is 12.2 Å². The Morgan fingerprint density at radius 2 is 2.40 bits per heavy atom. The molecular weight excluding hydrogens is 274 g/mol. The summed E-state index contributed by atoms with van der Waals surface area (Å²) in [5.41, 5.74) is 2.91. The predicted molar refractivity (Wildman–Crippen MR) is 78.1 cm³/mol. The maximum Gasteiger partial charge on any atom is 0.231 e. The minimum atomic E-state index is -0.0602. The summed E-state index contributed by atoms with van der Waals surface area (Å²) >= 11 is 1.54. The van der Waals surface area contributed by atoms with E-state index >= 15 is 0 Å². The fourth-order valence-corrected chi connectivity index (χ4v) is 3.02. The number of aromatic nitrogens is 4. The highest BCUT2D eigenvalue weighted by molar-refractivity contribution is 7.15. The number of nitrogens with one attached hydrogen (secondary N) is 2. The first-order valence-corrected chi connectivity index (χ1v) is 7.29.